The molecule has 0 saturated carbocycles. The van der Waals surface area contributed by atoms with E-state index in [4.69, 9.17) is 0 Å². The smallest absolute Gasteiger partial charge is 0.0812 e. The molecule has 1 nitrogen and oxygen atoms in total. The van der Waals surface area contributed by atoms with Crippen molar-refractivity contribution in [2.45, 2.75) is 0 Å². The van der Waals surface area contributed by atoms with E-state index < -0.39 is 0 Å². The lowest BCUT2D eigenvalue weighted by Crippen LogP contribution is -1.67. The predicted octanol–water partition coefficient (Wildman–Crippen LogP) is 5.14. The molecular weight excluding hydrogens is 250 g/mol. The van der Waals surface area contributed by atoms with Crippen molar-refractivity contribution in [3.8, 4) is 0 Å². The Morgan fingerprint density at radius 1 is 0.632 bits per heavy atom. The van der Waals surface area contributed by atoms with E-state index in [1.807, 2.05) is 23.7 Å². The molecule has 0 aliphatic rings. The highest BCUT2D eigenvalue weighted by molar-refractivity contribution is 7.16. The molecule has 4 aromatic rings. The van der Waals surface area contributed by atoms with Crippen LogP contribution in [0.3, 0.4) is 0 Å². The second kappa shape index (κ2) is 5.63. The minimum atomic E-state index is 1.10. The summed E-state index contributed by atoms with van der Waals surface area (Å²) in [6.07, 6.45) is 0. The monoisotopic (exact) mass is 263 g/mol. The molecule has 19 heavy (non-hydrogen) atoms. The Morgan fingerprint density at radius 3 is 1.74 bits per heavy atom. The lowest BCUT2D eigenvalue weighted by molar-refractivity contribution is 1.50. The van der Waals surface area contributed by atoms with Crippen molar-refractivity contribution in [1.29, 1.82) is 0 Å². The van der Waals surface area contributed by atoms with Crippen LogP contribution in [-0.4, -0.2) is 4.98 Å². The summed E-state index contributed by atoms with van der Waals surface area (Å²) in [7, 11) is 0. The summed E-state index contributed by atoms with van der Waals surface area (Å²) in [6.45, 7) is 0. The van der Waals surface area contributed by atoms with Crippen LogP contribution in [0.25, 0.3) is 21.0 Å². The SMILES string of the molecule is c1ccc2ccccc2c1.c1ccc2scnc2c1. The third kappa shape index (κ3) is 2.80. The van der Waals surface area contributed by atoms with Crippen molar-refractivity contribution < 1.29 is 0 Å². The Kier molecular flexibility index (Phi) is 3.52. The third-order valence-corrected chi connectivity index (χ3v) is 3.71. The van der Waals surface area contributed by atoms with E-state index in [0.717, 1.165) is 5.52 Å². The van der Waals surface area contributed by atoms with Crippen LogP contribution in [0.2, 0.25) is 0 Å². The van der Waals surface area contributed by atoms with Gasteiger partial charge in [-0.1, -0.05) is 60.7 Å². The average molecular weight is 263 g/mol. The van der Waals surface area contributed by atoms with Gasteiger partial charge in [0.15, 0.2) is 0 Å². The fourth-order valence-electron chi connectivity index (χ4n) is 1.94. The van der Waals surface area contributed by atoms with E-state index >= 15 is 0 Å². The maximum Gasteiger partial charge on any atom is 0.0812 e. The maximum absolute atomic E-state index is 4.14. The molecule has 0 atom stereocenters. The van der Waals surface area contributed by atoms with E-state index in [0.29, 0.717) is 0 Å². The van der Waals surface area contributed by atoms with Gasteiger partial charge in [-0.3, -0.25) is 0 Å². The predicted molar refractivity (Wildman–Crippen MR) is 83.6 cm³/mol. The first-order valence-electron chi connectivity index (χ1n) is 6.15. The zero-order valence-electron chi connectivity index (χ0n) is 10.4. The molecule has 4 rings (SSSR count). The Morgan fingerprint density at radius 2 is 1.16 bits per heavy atom. The van der Waals surface area contributed by atoms with Crippen molar-refractivity contribution >= 4 is 32.3 Å². The van der Waals surface area contributed by atoms with Gasteiger partial charge in [0, 0.05) is 0 Å². The number of hydrogen-bond acceptors (Lipinski definition) is 2. The van der Waals surface area contributed by atoms with Crippen molar-refractivity contribution in [2.75, 3.05) is 0 Å². The molecule has 0 N–H and O–H groups in total. The third-order valence-electron chi connectivity index (χ3n) is 2.90. The summed E-state index contributed by atoms with van der Waals surface area (Å²) >= 11 is 1.68. The summed E-state index contributed by atoms with van der Waals surface area (Å²) in [4.78, 5) is 4.14. The maximum atomic E-state index is 4.14. The molecule has 0 aliphatic carbocycles. The van der Waals surface area contributed by atoms with Crippen LogP contribution < -0.4 is 0 Å². The highest BCUT2D eigenvalue weighted by atomic mass is 32.1. The number of nitrogens with zero attached hydrogens (tertiary/aromatic N) is 1. The average Bonchev–Trinajstić information content (AvgIpc) is 2.96. The van der Waals surface area contributed by atoms with Crippen molar-refractivity contribution in [3.63, 3.8) is 0 Å². The van der Waals surface area contributed by atoms with Gasteiger partial charge in [-0.25, -0.2) is 4.98 Å². The molecule has 1 aromatic heterocycles. The van der Waals surface area contributed by atoms with Crippen LogP contribution in [0, 0.1) is 0 Å². The first kappa shape index (κ1) is 11.9. The van der Waals surface area contributed by atoms with Crippen molar-refractivity contribution in [2.24, 2.45) is 0 Å². The molecule has 0 radical (unpaired) electrons. The first-order valence-corrected chi connectivity index (χ1v) is 7.03. The lowest BCUT2D eigenvalue weighted by atomic mass is 10.1. The van der Waals surface area contributed by atoms with Gasteiger partial charge in [0.2, 0.25) is 0 Å². The van der Waals surface area contributed by atoms with Crippen LogP contribution >= 0.6 is 11.3 Å². The Balaban J connectivity index is 0.000000117. The van der Waals surface area contributed by atoms with E-state index in [1.165, 1.54) is 15.5 Å². The quantitative estimate of drug-likeness (QED) is 0.428. The molecule has 0 bridgehead atoms. The highest BCUT2D eigenvalue weighted by Crippen LogP contribution is 2.15. The standard InChI is InChI=1S/C10H8.C7H5NS/c1-2-6-10-8-4-3-7-9(10)5-1;1-2-4-7-6(3-1)8-5-9-7/h1-8H;1-5H. The summed E-state index contributed by atoms with van der Waals surface area (Å²) in [5.74, 6) is 0. The van der Waals surface area contributed by atoms with Gasteiger partial charge in [0.05, 0.1) is 15.7 Å². The fourth-order valence-corrected chi connectivity index (χ4v) is 2.61. The van der Waals surface area contributed by atoms with E-state index in [9.17, 15) is 0 Å². The summed E-state index contributed by atoms with van der Waals surface area (Å²) in [5.41, 5.74) is 2.97. The highest BCUT2D eigenvalue weighted by Gasteiger charge is 1.89. The Bertz CT molecular complexity index is 693. The normalized spacial score (nSPS) is 10.1. The summed E-state index contributed by atoms with van der Waals surface area (Å²) in [5, 5.41) is 2.62. The topological polar surface area (TPSA) is 12.9 Å². The Labute approximate surface area is 116 Å². The van der Waals surface area contributed by atoms with Crippen LogP contribution in [0.5, 0.6) is 0 Å². The number of benzene rings is 3. The van der Waals surface area contributed by atoms with Gasteiger partial charge in [0.1, 0.15) is 0 Å². The zero-order chi connectivity index (χ0) is 12.9. The molecule has 1 heterocycles. The van der Waals surface area contributed by atoms with Crippen LogP contribution in [0.15, 0.2) is 78.3 Å². The van der Waals surface area contributed by atoms with Gasteiger partial charge in [0.25, 0.3) is 0 Å². The molecule has 0 aliphatic heterocycles. The Hall–Kier alpha value is -2.19. The van der Waals surface area contributed by atoms with E-state index in [2.05, 4.69) is 59.6 Å². The number of aromatic nitrogens is 1. The van der Waals surface area contributed by atoms with E-state index in [1.54, 1.807) is 11.3 Å². The number of rotatable bonds is 0. The first-order chi connectivity index (χ1) is 9.43. The van der Waals surface area contributed by atoms with Crippen LogP contribution in [0.4, 0.5) is 0 Å². The summed E-state index contributed by atoms with van der Waals surface area (Å²) < 4.78 is 1.26. The number of thiazole rings is 1. The molecule has 0 saturated heterocycles. The second-order valence-corrected chi connectivity index (χ2v) is 5.05. The van der Waals surface area contributed by atoms with Crippen LogP contribution in [-0.2, 0) is 0 Å². The van der Waals surface area contributed by atoms with Gasteiger partial charge in [-0.2, -0.15) is 0 Å². The summed E-state index contributed by atoms with van der Waals surface area (Å²) in [6, 6.07) is 24.8. The zero-order valence-corrected chi connectivity index (χ0v) is 11.2. The molecule has 2 heteroatoms. The molecule has 0 unspecified atom stereocenters. The number of para-hydroxylation sites is 1. The largest absolute Gasteiger partial charge is 0.245 e. The van der Waals surface area contributed by atoms with Gasteiger partial charge < -0.3 is 0 Å². The van der Waals surface area contributed by atoms with Crippen molar-refractivity contribution in [3.05, 3.63) is 78.3 Å². The van der Waals surface area contributed by atoms with Gasteiger partial charge >= 0.3 is 0 Å². The molecular formula is C17H13NS. The number of fused-ring (bicyclic) bond motifs is 2. The molecule has 0 amide bonds. The van der Waals surface area contributed by atoms with Gasteiger partial charge in [-0.15, -0.1) is 11.3 Å². The number of hydrogen-bond donors (Lipinski definition) is 0. The molecule has 92 valence electrons. The molecule has 0 fully saturated rings. The second-order valence-electron chi connectivity index (χ2n) is 4.17. The lowest BCUT2D eigenvalue weighted by Gasteiger charge is -1.92. The minimum Gasteiger partial charge on any atom is -0.245 e. The molecule has 0 spiro atoms. The molecule has 3 aromatic carbocycles. The van der Waals surface area contributed by atoms with Crippen LogP contribution in [0.1, 0.15) is 0 Å². The van der Waals surface area contributed by atoms with E-state index in [-0.39, 0.29) is 0 Å². The fraction of sp³-hybridized carbons (Fsp3) is 0. The van der Waals surface area contributed by atoms with Gasteiger partial charge in [-0.05, 0) is 22.9 Å². The minimum absolute atomic E-state index is 1.10. The van der Waals surface area contributed by atoms with Crippen molar-refractivity contribution in [1.82, 2.24) is 4.98 Å².